The van der Waals surface area contributed by atoms with Crippen molar-refractivity contribution in [3.63, 3.8) is 0 Å². The Kier molecular flexibility index (Phi) is 9.15. The lowest BCUT2D eigenvalue weighted by Gasteiger charge is -2.12. The van der Waals surface area contributed by atoms with Gasteiger partial charge in [-0.3, -0.25) is 0 Å². The summed E-state index contributed by atoms with van der Waals surface area (Å²) in [5.41, 5.74) is -0.225. The molecule has 0 amide bonds. The highest BCUT2D eigenvalue weighted by Gasteiger charge is 2.16. The maximum absolute atomic E-state index is 14.2. The molecule has 0 fully saturated rings. The van der Waals surface area contributed by atoms with Gasteiger partial charge in [0.15, 0.2) is 17.5 Å². The van der Waals surface area contributed by atoms with E-state index in [0.29, 0.717) is 12.3 Å². The average Bonchev–Trinajstić information content (AvgIpc) is 2.69. The summed E-state index contributed by atoms with van der Waals surface area (Å²) < 4.78 is 68.2. The molecular formula is C23H25F5N2. The SMILES string of the molecule is CCCCC(C)CCCC(=NN=Cc1cc(F)c(F)c(F)c1)c1c(F)cccc1F. The molecule has 0 aliphatic rings. The Balaban J connectivity index is 2.22. The quantitative estimate of drug-likeness (QED) is 0.167. The van der Waals surface area contributed by atoms with Gasteiger partial charge in [-0.1, -0.05) is 45.6 Å². The molecule has 2 aromatic carbocycles. The lowest BCUT2D eigenvalue weighted by molar-refractivity contribution is 0.447. The highest BCUT2D eigenvalue weighted by molar-refractivity contribution is 6.01. The van der Waals surface area contributed by atoms with Crippen LogP contribution in [0.1, 0.15) is 63.5 Å². The molecule has 2 nitrogen and oxygen atoms in total. The minimum absolute atomic E-state index is 0.0586. The van der Waals surface area contributed by atoms with E-state index in [1.165, 1.54) is 6.07 Å². The third kappa shape index (κ3) is 6.75. The molecule has 0 aliphatic heterocycles. The van der Waals surface area contributed by atoms with Crippen LogP contribution in [-0.4, -0.2) is 11.9 Å². The van der Waals surface area contributed by atoms with Crippen molar-refractivity contribution < 1.29 is 22.0 Å². The van der Waals surface area contributed by atoms with E-state index in [1.54, 1.807) is 0 Å². The van der Waals surface area contributed by atoms with E-state index in [2.05, 4.69) is 24.1 Å². The molecule has 0 saturated carbocycles. The summed E-state index contributed by atoms with van der Waals surface area (Å²) >= 11 is 0. The van der Waals surface area contributed by atoms with Crippen molar-refractivity contribution in [1.29, 1.82) is 0 Å². The molecule has 2 aromatic rings. The maximum atomic E-state index is 14.2. The Morgan fingerprint density at radius 3 is 2.13 bits per heavy atom. The number of unbranched alkanes of at least 4 members (excludes halogenated alkanes) is 1. The van der Waals surface area contributed by atoms with Crippen LogP contribution in [0.25, 0.3) is 0 Å². The van der Waals surface area contributed by atoms with Gasteiger partial charge in [-0.2, -0.15) is 10.2 Å². The number of rotatable bonds is 10. The van der Waals surface area contributed by atoms with Crippen LogP contribution in [0.5, 0.6) is 0 Å². The number of hydrogen-bond acceptors (Lipinski definition) is 2. The van der Waals surface area contributed by atoms with Crippen molar-refractivity contribution in [1.82, 2.24) is 0 Å². The van der Waals surface area contributed by atoms with Gasteiger partial charge in [0, 0.05) is 5.56 Å². The van der Waals surface area contributed by atoms with E-state index < -0.39 is 29.1 Å². The molecule has 0 bridgehead atoms. The molecule has 7 heteroatoms. The molecule has 0 heterocycles. The zero-order valence-electron chi connectivity index (χ0n) is 17.1. The molecule has 1 unspecified atom stereocenters. The normalized spacial score (nSPS) is 13.2. The highest BCUT2D eigenvalue weighted by Crippen LogP contribution is 2.20. The van der Waals surface area contributed by atoms with E-state index in [1.807, 2.05) is 0 Å². The largest absolute Gasteiger partial charge is 0.206 e. The molecular weight excluding hydrogens is 399 g/mol. The molecule has 0 N–H and O–H groups in total. The topological polar surface area (TPSA) is 24.7 Å². The first kappa shape index (κ1) is 23.7. The molecule has 0 aromatic heterocycles. The van der Waals surface area contributed by atoms with Gasteiger partial charge in [0.2, 0.25) is 0 Å². The predicted octanol–water partition coefficient (Wildman–Crippen LogP) is 7.20. The van der Waals surface area contributed by atoms with Crippen LogP contribution in [0.15, 0.2) is 40.5 Å². The van der Waals surface area contributed by atoms with Gasteiger partial charge >= 0.3 is 0 Å². The minimum Gasteiger partial charge on any atom is -0.206 e. The Morgan fingerprint density at radius 2 is 1.53 bits per heavy atom. The average molecular weight is 424 g/mol. The van der Waals surface area contributed by atoms with Gasteiger partial charge in [-0.25, -0.2) is 22.0 Å². The number of nitrogens with zero attached hydrogens (tertiary/aromatic N) is 2. The second kappa shape index (κ2) is 11.6. The highest BCUT2D eigenvalue weighted by atomic mass is 19.2. The molecule has 162 valence electrons. The summed E-state index contributed by atoms with van der Waals surface area (Å²) in [4.78, 5) is 0. The summed E-state index contributed by atoms with van der Waals surface area (Å²) in [5, 5.41) is 7.65. The molecule has 0 radical (unpaired) electrons. The van der Waals surface area contributed by atoms with E-state index in [-0.39, 0.29) is 23.3 Å². The van der Waals surface area contributed by atoms with E-state index in [9.17, 15) is 22.0 Å². The summed E-state index contributed by atoms with van der Waals surface area (Å²) in [5.74, 6) is -5.35. The monoisotopic (exact) mass is 424 g/mol. The van der Waals surface area contributed by atoms with Crippen LogP contribution in [0.4, 0.5) is 22.0 Å². The maximum Gasteiger partial charge on any atom is 0.194 e. The molecule has 30 heavy (non-hydrogen) atoms. The Hall–Kier alpha value is -2.57. The summed E-state index contributed by atoms with van der Waals surface area (Å²) in [7, 11) is 0. The summed E-state index contributed by atoms with van der Waals surface area (Å²) in [6.07, 6.45) is 6.14. The van der Waals surface area contributed by atoms with E-state index in [4.69, 9.17) is 0 Å². The van der Waals surface area contributed by atoms with Crippen LogP contribution in [0, 0.1) is 35.0 Å². The van der Waals surface area contributed by atoms with E-state index in [0.717, 1.165) is 56.2 Å². The Labute approximate surface area is 173 Å². The zero-order chi connectivity index (χ0) is 22.1. The van der Waals surface area contributed by atoms with E-state index >= 15 is 0 Å². The van der Waals surface area contributed by atoms with Crippen LogP contribution >= 0.6 is 0 Å². The van der Waals surface area contributed by atoms with Crippen molar-refractivity contribution in [2.45, 2.75) is 52.4 Å². The molecule has 0 spiro atoms. The fraction of sp³-hybridized carbons (Fsp3) is 0.391. The van der Waals surface area contributed by atoms with Crippen LogP contribution < -0.4 is 0 Å². The van der Waals surface area contributed by atoms with Crippen molar-refractivity contribution in [2.24, 2.45) is 16.1 Å². The van der Waals surface area contributed by atoms with Crippen LogP contribution in [0.2, 0.25) is 0 Å². The third-order valence-electron chi connectivity index (χ3n) is 4.80. The van der Waals surface area contributed by atoms with Gasteiger partial charge in [-0.15, -0.1) is 0 Å². The summed E-state index contributed by atoms with van der Waals surface area (Å²) in [6.45, 7) is 4.25. The second-order valence-electron chi connectivity index (χ2n) is 7.33. The first-order chi connectivity index (χ1) is 14.3. The Morgan fingerprint density at radius 1 is 0.933 bits per heavy atom. The van der Waals surface area contributed by atoms with Crippen molar-refractivity contribution in [3.8, 4) is 0 Å². The van der Waals surface area contributed by atoms with Crippen molar-refractivity contribution >= 4 is 11.9 Å². The predicted molar refractivity (Wildman–Crippen MR) is 109 cm³/mol. The van der Waals surface area contributed by atoms with Gasteiger partial charge in [0.05, 0.1) is 17.5 Å². The number of benzene rings is 2. The minimum atomic E-state index is -1.58. The number of halogens is 5. The summed E-state index contributed by atoms with van der Waals surface area (Å²) in [6, 6.07) is 5.04. The van der Waals surface area contributed by atoms with Crippen molar-refractivity contribution in [3.05, 3.63) is 70.5 Å². The lowest BCUT2D eigenvalue weighted by atomic mass is 9.95. The first-order valence-electron chi connectivity index (χ1n) is 10.0. The van der Waals surface area contributed by atoms with Gasteiger partial charge < -0.3 is 0 Å². The third-order valence-corrected chi connectivity index (χ3v) is 4.80. The molecule has 0 aliphatic carbocycles. The molecule has 2 rings (SSSR count). The number of hydrogen-bond donors (Lipinski definition) is 0. The molecule has 0 saturated heterocycles. The first-order valence-corrected chi connectivity index (χ1v) is 10.0. The zero-order valence-corrected chi connectivity index (χ0v) is 17.1. The lowest BCUT2D eigenvalue weighted by Crippen LogP contribution is -2.08. The standard InChI is InChI=1S/C23H25F5N2/c1-3-4-7-15(2)8-5-11-21(22-17(24)9-6-10-18(22)25)30-29-14-16-12-19(26)23(28)20(27)13-16/h6,9-10,12-15H,3-5,7-8,11H2,1-2H3. The second-order valence-corrected chi connectivity index (χ2v) is 7.33. The smallest absolute Gasteiger partial charge is 0.194 e. The van der Waals surface area contributed by atoms with Crippen molar-refractivity contribution in [2.75, 3.05) is 0 Å². The fourth-order valence-corrected chi connectivity index (χ4v) is 3.13. The van der Waals surface area contributed by atoms with Crippen LogP contribution in [-0.2, 0) is 0 Å². The molecule has 1 atom stereocenters. The van der Waals surface area contributed by atoms with Gasteiger partial charge in [0.25, 0.3) is 0 Å². The van der Waals surface area contributed by atoms with Crippen LogP contribution in [0.3, 0.4) is 0 Å². The fourth-order valence-electron chi connectivity index (χ4n) is 3.13. The van der Waals surface area contributed by atoms with Gasteiger partial charge in [0.1, 0.15) is 11.6 Å². The Bertz CT molecular complexity index is 865. The van der Waals surface area contributed by atoms with Gasteiger partial charge in [-0.05, 0) is 43.0 Å².